The predicted molar refractivity (Wildman–Crippen MR) is 495 cm³/mol. The highest BCUT2D eigenvalue weighted by Crippen LogP contribution is 2.46. The van der Waals surface area contributed by atoms with Crippen molar-refractivity contribution in [1.82, 2.24) is 44.1 Å². The molecule has 0 aliphatic carbocycles. The van der Waals surface area contributed by atoms with Crippen molar-refractivity contribution in [3.8, 4) is 34.5 Å². The number of hydrogen-bond donors (Lipinski definition) is 0. The molecule has 0 saturated carbocycles. The second kappa shape index (κ2) is 42.1. The summed E-state index contributed by atoms with van der Waals surface area (Å²) >= 11 is 0. The van der Waals surface area contributed by atoms with Crippen molar-refractivity contribution in [2.75, 3.05) is 189 Å². The number of nitrogens with zero attached hydrogens (tertiary/aromatic N) is 12. The largest absolute Gasteiger partial charge is 0.493 e. The van der Waals surface area contributed by atoms with Gasteiger partial charge >= 0.3 is 0 Å². The van der Waals surface area contributed by atoms with Gasteiger partial charge in [-0.15, -0.1) is 0 Å². The monoisotopic (exact) mass is 1700 g/mol. The second-order valence-electron chi connectivity index (χ2n) is 34.4. The first-order chi connectivity index (χ1) is 61.1. The third-order valence-electron chi connectivity index (χ3n) is 27.3. The van der Waals surface area contributed by atoms with Crippen molar-refractivity contribution in [2.24, 2.45) is 0 Å². The lowest BCUT2D eigenvalue weighted by atomic mass is 9.97. The quantitative estimate of drug-likeness (QED) is 0.0394. The molecule has 125 heavy (non-hydrogen) atoms. The zero-order valence-electron chi connectivity index (χ0n) is 75.3. The van der Waals surface area contributed by atoms with E-state index >= 15 is 0 Å². The summed E-state index contributed by atoms with van der Waals surface area (Å²) in [7, 11) is 12.0. The van der Waals surface area contributed by atoms with Crippen molar-refractivity contribution >= 4 is 34.8 Å². The first kappa shape index (κ1) is 89.1. The Bertz CT molecular complexity index is 5120. The molecule has 0 aromatic heterocycles. The molecule has 21 nitrogen and oxygen atoms in total. The summed E-state index contributed by atoms with van der Waals surface area (Å²) in [6.07, 6.45) is 6.57. The second-order valence-corrected chi connectivity index (χ2v) is 34.4. The van der Waals surface area contributed by atoms with Crippen LogP contribution in [0.25, 0.3) is 0 Å². The van der Waals surface area contributed by atoms with Crippen LogP contribution in [0.4, 0.5) is 21.5 Å². The molecule has 8 aliphatic rings. The molecule has 8 heterocycles. The molecule has 17 rings (SSSR count). The molecule has 9 aromatic rings. The number of likely N-dealkylation sites (N-methyl/N-ethyl adjacent to an activating group) is 3. The number of piperazine rings is 3. The lowest BCUT2D eigenvalue weighted by molar-refractivity contribution is 0.0677. The topological polar surface area (TPSA) is 145 Å². The van der Waals surface area contributed by atoms with Crippen LogP contribution < -0.4 is 43.1 Å². The van der Waals surface area contributed by atoms with Crippen LogP contribution in [0.15, 0.2) is 182 Å². The Hall–Kier alpha value is -10.7. The van der Waals surface area contributed by atoms with E-state index < -0.39 is 0 Å². The van der Waals surface area contributed by atoms with E-state index in [4.69, 9.17) is 28.4 Å². The Balaban J connectivity index is 0.000000145. The number of carbonyl (C=O) groups is 3. The molecule has 3 amide bonds. The van der Waals surface area contributed by atoms with Crippen molar-refractivity contribution < 1.29 is 47.2 Å². The minimum Gasteiger partial charge on any atom is -0.493 e. The molecule has 0 radical (unpaired) electrons. The molecule has 3 atom stereocenters. The van der Waals surface area contributed by atoms with Crippen LogP contribution >= 0.6 is 0 Å². The van der Waals surface area contributed by atoms with E-state index in [-0.39, 0.29) is 41.7 Å². The van der Waals surface area contributed by atoms with Gasteiger partial charge in [-0.1, -0.05) is 118 Å². The Morgan fingerprint density at radius 1 is 0.344 bits per heavy atom. The highest BCUT2D eigenvalue weighted by atomic mass is 19.1. The zero-order valence-corrected chi connectivity index (χ0v) is 75.3. The highest BCUT2D eigenvalue weighted by molar-refractivity contribution is 6.02. The minimum absolute atomic E-state index is 0.0495. The maximum absolute atomic E-state index is 14.1. The number of halogens is 1. The molecule has 0 bridgehead atoms. The SMILES string of the molecule is CCN1CCN(c2cccc3c2CN([C@H](CCCN(C)Cc2ccc(F)cc2)c2ccc(OC)c(OC)c2)C3=O)CC1.CCN1CCN(c2cccc3c2CN([C@H](CCCN2CCc4ccccc4C2)c2ccc(OC)c(OC)c2)C3=O)CC1.CCN1CCN(c2cccc3c2CN([C@H](CCCN2Cc4ccccc4C2)c2ccc(OC)c(OC)c2)C3=O)CC1. The Morgan fingerprint density at radius 2 is 0.680 bits per heavy atom. The fourth-order valence-electron chi connectivity index (χ4n) is 20.1. The minimum atomic E-state index is -0.221. The Labute approximate surface area is 740 Å². The van der Waals surface area contributed by atoms with Gasteiger partial charge in [0, 0.05) is 181 Å². The fraction of sp³-hybridized carbons (Fsp3) is 0.447. The summed E-state index contributed by atoms with van der Waals surface area (Å²) in [6.45, 7) is 31.7. The van der Waals surface area contributed by atoms with Gasteiger partial charge in [0.05, 0.1) is 60.8 Å². The Morgan fingerprint density at radius 3 is 1.04 bits per heavy atom. The lowest BCUT2D eigenvalue weighted by Gasteiger charge is -2.36. The normalized spacial score (nSPS) is 17.4. The van der Waals surface area contributed by atoms with Crippen molar-refractivity contribution in [3.05, 3.63) is 266 Å². The summed E-state index contributed by atoms with van der Waals surface area (Å²) in [4.78, 5) is 70.5. The van der Waals surface area contributed by atoms with Crippen LogP contribution in [0.5, 0.6) is 34.5 Å². The van der Waals surface area contributed by atoms with E-state index in [1.807, 2.05) is 65.6 Å². The molecule has 0 N–H and O–H groups in total. The van der Waals surface area contributed by atoms with Gasteiger partial charge in [0.2, 0.25) is 0 Å². The summed E-state index contributed by atoms with van der Waals surface area (Å²) in [6, 6.07) is 60.9. The van der Waals surface area contributed by atoms with Gasteiger partial charge < -0.3 is 77.4 Å². The number of anilines is 3. The van der Waals surface area contributed by atoms with Gasteiger partial charge in [0.15, 0.2) is 34.5 Å². The van der Waals surface area contributed by atoms with Crippen LogP contribution in [0.1, 0.15) is 170 Å². The van der Waals surface area contributed by atoms with E-state index in [0.717, 1.165) is 240 Å². The molecular formula is C103H129FN12O9. The van der Waals surface area contributed by atoms with E-state index in [9.17, 15) is 18.8 Å². The van der Waals surface area contributed by atoms with Gasteiger partial charge in [-0.3, -0.25) is 24.2 Å². The van der Waals surface area contributed by atoms with Crippen LogP contribution in [0, 0.1) is 5.82 Å². The number of benzene rings is 9. The molecule has 0 unspecified atom stereocenters. The Kier molecular flexibility index (Phi) is 30.0. The molecule has 22 heteroatoms. The fourth-order valence-corrected chi connectivity index (χ4v) is 20.1. The number of methoxy groups -OCH3 is 6. The van der Waals surface area contributed by atoms with E-state index in [1.54, 1.807) is 42.7 Å². The molecule has 0 spiro atoms. The van der Waals surface area contributed by atoms with E-state index in [0.29, 0.717) is 54.1 Å². The van der Waals surface area contributed by atoms with Crippen LogP contribution in [-0.4, -0.2) is 236 Å². The highest BCUT2D eigenvalue weighted by Gasteiger charge is 2.41. The van der Waals surface area contributed by atoms with Crippen molar-refractivity contribution in [3.63, 3.8) is 0 Å². The maximum atomic E-state index is 14.1. The summed E-state index contributed by atoms with van der Waals surface area (Å²) in [5, 5.41) is 0. The number of fused-ring (bicyclic) bond motifs is 5. The van der Waals surface area contributed by atoms with Gasteiger partial charge in [-0.25, -0.2) is 4.39 Å². The first-order valence-corrected chi connectivity index (χ1v) is 45.5. The van der Waals surface area contributed by atoms with Gasteiger partial charge in [0.25, 0.3) is 17.7 Å². The number of amides is 3. The average Bonchev–Trinajstić information content (AvgIpc) is 1.62. The third kappa shape index (κ3) is 20.5. The van der Waals surface area contributed by atoms with Crippen LogP contribution in [0.2, 0.25) is 0 Å². The smallest absolute Gasteiger partial charge is 0.255 e. The third-order valence-corrected chi connectivity index (χ3v) is 27.3. The predicted octanol–water partition coefficient (Wildman–Crippen LogP) is 16.3. The first-order valence-electron chi connectivity index (χ1n) is 45.5. The maximum Gasteiger partial charge on any atom is 0.255 e. The summed E-state index contributed by atoms with van der Waals surface area (Å²) in [5.74, 6) is 4.25. The van der Waals surface area contributed by atoms with E-state index in [2.05, 4.69) is 191 Å². The molecule has 9 aromatic carbocycles. The summed E-state index contributed by atoms with van der Waals surface area (Å²) in [5.41, 5.74) is 19.7. The molecule has 3 fully saturated rings. The number of hydrogen-bond acceptors (Lipinski definition) is 18. The van der Waals surface area contributed by atoms with Crippen LogP contribution in [-0.2, 0) is 52.2 Å². The molecule has 8 aliphatic heterocycles. The number of ether oxygens (including phenoxy) is 6. The van der Waals surface area contributed by atoms with Gasteiger partial charge in [-0.2, -0.15) is 0 Å². The van der Waals surface area contributed by atoms with E-state index in [1.165, 1.54) is 62.6 Å². The lowest BCUT2D eigenvalue weighted by Crippen LogP contribution is -2.46. The van der Waals surface area contributed by atoms with Crippen molar-refractivity contribution in [2.45, 2.75) is 130 Å². The van der Waals surface area contributed by atoms with Crippen LogP contribution in [0.3, 0.4) is 0 Å². The standard InChI is InChI=1S/C35H44N4O3.C34H43FN4O3.C34H42N4O3/c1-4-36-19-21-38(22-20-36)32-12-7-11-29-30(32)25-39(35(29)40)31(27-14-15-33(41-2)34(23-27)42-3)13-8-17-37-18-16-26-9-5-6-10-28(26)24-37;1-5-37-18-20-38(21-19-37)31-9-6-8-28-29(31)24-39(34(28)40)30(26-13-16-32(41-3)33(22-26)42-4)10-7-17-36(2)23-25-11-14-27(35)15-12-25;1-4-35-17-19-37(20-18-35)31-12-7-11-28-29(31)24-38(34(28)39)30(25-14-15-32(40-2)33(21-25)41-3)13-8-16-36-22-26-9-5-6-10-27(26)23-36/h5-7,9-12,14-15,23,31H,4,8,13,16-22,24-25H2,1-3H3;6,8-9,11-16,22,30H,5,7,10,17-21,23-24H2,1-4H3;5-7,9-12,14-15,21,30H,4,8,13,16-20,22-24H2,1-3H3/t31-;2*30-/m111/s1. The molecule has 662 valence electrons. The van der Waals surface area contributed by atoms with Gasteiger partial charge in [0.1, 0.15) is 5.82 Å². The van der Waals surface area contributed by atoms with Crippen molar-refractivity contribution in [1.29, 1.82) is 0 Å². The zero-order chi connectivity index (χ0) is 87.0. The number of rotatable bonds is 32. The summed E-state index contributed by atoms with van der Waals surface area (Å²) < 4.78 is 46.9. The molecular weight excluding hydrogens is 1570 g/mol. The average molecular weight is 1700 g/mol. The number of carbonyl (C=O) groups excluding carboxylic acids is 3. The molecule has 3 saturated heterocycles. The van der Waals surface area contributed by atoms with Gasteiger partial charge in [-0.05, 0) is 221 Å².